The van der Waals surface area contributed by atoms with Gasteiger partial charge in [0.25, 0.3) is 5.91 Å². The lowest BCUT2D eigenvalue weighted by atomic mass is 10.0. The van der Waals surface area contributed by atoms with E-state index < -0.39 is 41.9 Å². The van der Waals surface area contributed by atoms with Crippen molar-refractivity contribution in [1.29, 1.82) is 0 Å². The number of ketones is 1. The third kappa shape index (κ3) is 11.2. The van der Waals surface area contributed by atoms with Crippen LogP contribution in [0, 0.1) is 5.92 Å². The Balaban J connectivity index is 1.48. The molecular formula is C34H41N3O7. The summed E-state index contributed by atoms with van der Waals surface area (Å²) in [6.45, 7) is 5.68. The van der Waals surface area contributed by atoms with Crippen molar-refractivity contribution in [2.45, 2.75) is 65.0 Å². The molecular weight excluding hydrogens is 562 g/mol. The van der Waals surface area contributed by atoms with Crippen molar-refractivity contribution in [1.82, 2.24) is 16.0 Å². The van der Waals surface area contributed by atoms with Crippen LogP contribution in [-0.4, -0.2) is 47.4 Å². The molecule has 4 N–H and O–H groups in total. The van der Waals surface area contributed by atoms with Crippen molar-refractivity contribution in [3.05, 3.63) is 102 Å². The van der Waals surface area contributed by atoms with Crippen LogP contribution in [-0.2, 0) is 32.3 Å². The molecule has 0 spiro atoms. The highest BCUT2D eigenvalue weighted by molar-refractivity contribution is 6.38. The maximum absolute atomic E-state index is 13.1. The minimum Gasteiger partial charge on any atom is -0.489 e. The molecule has 234 valence electrons. The summed E-state index contributed by atoms with van der Waals surface area (Å²) in [5, 5.41) is 18.2. The first kappa shape index (κ1) is 33.8. The van der Waals surface area contributed by atoms with E-state index in [-0.39, 0.29) is 25.5 Å². The fraction of sp³-hybridized carbons (Fsp3) is 0.353. The molecule has 0 saturated heterocycles. The topological polar surface area (TPSA) is 143 Å². The minimum atomic E-state index is -1.11. The largest absolute Gasteiger partial charge is 0.489 e. The number of aliphatic hydroxyl groups is 1. The maximum atomic E-state index is 13.1. The number of carbonyl (C=O) groups excluding carboxylic acids is 4. The molecule has 0 saturated carbocycles. The number of rotatable bonds is 16. The van der Waals surface area contributed by atoms with E-state index in [1.54, 1.807) is 31.2 Å². The van der Waals surface area contributed by atoms with E-state index in [2.05, 4.69) is 16.0 Å². The maximum Gasteiger partial charge on any atom is 0.408 e. The molecule has 2 unspecified atom stereocenters. The van der Waals surface area contributed by atoms with Gasteiger partial charge in [0, 0.05) is 6.54 Å². The molecule has 0 heterocycles. The number of aliphatic hydroxyl groups excluding tert-OH is 1. The molecule has 44 heavy (non-hydrogen) atoms. The van der Waals surface area contributed by atoms with E-state index in [0.717, 1.165) is 11.1 Å². The number of hydrogen-bond acceptors (Lipinski definition) is 7. The Bertz CT molecular complexity index is 1350. The first-order chi connectivity index (χ1) is 21.2. The van der Waals surface area contributed by atoms with Crippen LogP contribution in [0.4, 0.5) is 4.79 Å². The fourth-order valence-corrected chi connectivity index (χ4v) is 4.31. The Hall–Kier alpha value is -4.70. The predicted molar refractivity (Wildman–Crippen MR) is 165 cm³/mol. The Kier molecular flexibility index (Phi) is 13.4. The predicted octanol–water partition coefficient (Wildman–Crippen LogP) is 4.22. The van der Waals surface area contributed by atoms with Crippen molar-refractivity contribution in [3.63, 3.8) is 0 Å². The van der Waals surface area contributed by atoms with Gasteiger partial charge in [-0.05, 0) is 47.6 Å². The van der Waals surface area contributed by atoms with Gasteiger partial charge in [-0.1, -0.05) is 93.6 Å². The SMILES string of the molecule is CCC(NC(=O)[C@H](CC(C)C)NC(=O)OCc1ccccc1)C(=O)C(=O)NCC(O)c1ccc(OCc2ccccc2)cc1. The molecule has 0 radical (unpaired) electrons. The van der Waals surface area contributed by atoms with Crippen LogP contribution in [0.1, 0.15) is 56.4 Å². The van der Waals surface area contributed by atoms with Gasteiger partial charge in [0.05, 0.1) is 12.1 Å². The zero-order chi connectivity index (χ0) is 31.9. The Labute approximate surface area is 258 Å². The first-order valence-corrected chi connectivity index (χ1v) is 14.7. The zero-order valence-corrected chi connectivity index (χ0v) is 25.3. The van der Waals surface area contributed by atoms with Gasteiger partial charge in [-0.2, -0.15) is 0 Å². The summed E-state index contributed by atoms with van der Waals surface area (Å²) >= 11 is 0. The Morgan fingerprint density at radius 3 is 1.93 bits per heavy atom. The van der Waals surface area contributed by atoms with Crippen LogP contribution in [0.5, 0.6) is 5.75 Å². The van der Waals surface area contributed by atoms with Gasteiger partial charge in [-0.15, -0.1) is 0 Å². The average Bonchev–Trinajstić information content (AvgIpc) is 3.04. The van der Waals surface area contributed by atoms with Crippen LogP contribution in [0.15, 0.2) is 84.9 Å². The highest BCUT2D eigenvalue weighted by atomic mass is 16.5. The van der Waals surface area contributed by atoms with E-state index >= 15 is 0 Å². The van der Waals surface area contributed by atoms with Gasteiger partial charge in [0.15, 0.2) is 0 Å². The van der Waals surface area contributed by atoms with Gasteiger partial charge in [0.2, 0.25) is 11.7 Å². The van der Waals surface area contributed by atoms with Crippen molar-refractivity contribution in [2.24, 2.45) is 5.92 Å². The summed E-state index contributed by atoms with van der Waals surface area (Å²) in [7, 11) is 0. The standard InChI is InChI=1S/C34H41N3O7/c1-4-28(36-32(40)29(19-23(2)3)37-34(42)44-22-25-13-9-6-10-14-25)31(39)33(41)35-20-30(38)26-15-17-27(18-16-26)43-21-24-11-7-5-8-12-24/h5-18,23,28-30,38H,4,19-22H2,1-3H3,(H,35,41)(H,36,40)(H,37,42)/t28?,29-,30?/m0/s1. The number of Topliss-reactive ketones (excluding diaryl/α,β-unsaturated/α-hetero) is 1. The summed E-state index contributed by atoms with van der Waals surface area (Å²) in [4.78, 5) is 51.0. The fourth-order valence-electron chi connectivity index (χ4n) is 4.31. The second-order valence-corrected chi connectivity index (χ2v) is 10.8. The minimum absolute atomic E-state index is 0.0387. The van der Waals surface area contributed by atoms with E-state index in [9.17, 15) is 24.3 Å². The summed E-state index contributed by atoms with van der Waals surface area (Å²) in [6, 6.07) is 23.6. The van der Waals surface area contributed by atoms with Crippen molar-refractivity contribution in [2.75, 3.05) is 6.54 Å². The molecule has 3 aromatic carbocycles. The van der Waals surface area contributed by atoms with E-state index in [0.29, 0.717) is 24.3 Å². The number of nitrogens with one attached hydrogen (secondary N) is 3. The second kappa shape index (κ2) is 17.4. The Morgan fingerprint density at radius 1 is 0.773 bits per heavy atom. The zero-order valence-electron chi connectivity index (χ0n) is 25.3. The molecule has 0 bridgehead atoms. The van der Waals surface area contributed by atoms with Gasteiger partial charge in [-0.3, -0.25) is 14.4 Å². The van der Waals surface area contributed by atoms with Crippen LogP contribution in [0.2, 0.25) is 0 Å². The molecule has 0 aromatic heterocycles. The highest BCUT2D eigenvalue weighted by Crippen LogP contribution is 2.18. The van der Waals surface area contributed by atoms with Crippen LogP contribution in [0.3, 0.4) is 0 Å². The molecule has 0 aliphatic heterocycles. The molecule has 10 nitrogen and oxygen atoms in total. The highest BCUT2D eigenvalue weighted by Gasteiger charge is 2.30. The molecule has 3 atom stereocenters. The lowest BCUT2D eigenvalue weighted by molar-refractivity contribution is -0.140. The molecule has 10 heteroatoms. The lowest BCUT2D eigenvalue weighted by Crippen LogP contribution is -2.54. The summed E-state index contributed by atoms with van der Waals surface area (Å²) in [6.07, 6.45) is -1.38. The third-order valence-electron chi connectivity index (χ3n) is 6.76. The quantitative estimate of drug-likeness (QED) is 0.180. The number of hydrogen-bond donors (Lipinski definition) is 4. The molecule has 0 aliphatic carbocycles. The van der Waals surface area contributed by atoms with E-state index in [1.165, 1.54) is 0 Å². The monoisotopic (exact) mass is 603 g/mol. The number of ether oxygens (including phenoxy) is 2. The van der Waals surface area contributed by atoms with Gasteiger partial charge >= 0.3 is 6.09 Å². The molecule has 3 aromatic rings. The Morgan fingerprint density at radius 2 is 1.36 bits per heavy atom. The van der Waals surface area contributed by atoms with Crippen molar-refractivity contribution in [3.8, 4) is 5.75 Å². The number of amides is 3. The molecule has 3 rings (SSSR count). The van der Waals surface area contributed by atoms with Crippen molar-refractivity contribution >= 4 is 23.7 Å². The summed E-state index contributed by atoms with van der Waals surface area (Å²) in [5.74, 6) is -1.72. The summed E-state index contributed by atoms with van der Waals surface area (Å²) < 4.78 is 11.0. The molecule has 0 aliphatic rings. The van der Waals surface area contributed by atoms with Crippen LogP contribution < -0.4 is 20.7 Å². The number of carbonyl (C=O) groups is 4. The van der Waals surface area contributed by atoms with Crippen LogP contribution in [0.25, 0.3) is 0 Å². The molecule has 3 amide bonds. The van der Waals surface area contributed by atoms with Gasteiger partial charge in [-0.25, -0.2) is 4.79 Å². The van der Waals surface area contributed by atoms with Crippen LogP contribution >= 0.6 is 0 Å². The van der Waals surface area contributed by atoms with Gasteiger partial charge < -0.3 is 30.5 Å². The summed E-state index contributed by atoms with van der Waals surface area (Å²) in [5.41, 5.74) is 2.36. The third-order valence-corrected chi connectivity index (χ3v) is 6.76. The van der Waals surface area contributed by atoms with Gasteiger partial charge in [0.1, 0.15) is 25.0 Å². The lowest BCUT2D eigenvalue weighted by Gasteiger charge is -2.23. The smallest absolute Gasteiger partial charge is 0.408 e. The second-order valence-electron chi connectivity index (χ2n) is 10.8. The average molecular weight is 604 g/mol. The number of alkyl carbamates (subject to hydrolysis) is 1. The number of benzene rings is 3. The van der Waals surface area contributed by atoms with E-state index in [1.807, 2.05) is 74.5 Å². The van der Waals surface area contributed by atoms with Crippen molar-refractivity contribution < 1.29 is 33.8 Å². The normalized spacial score (nSPS) is 12.8. The molecule has 0 fully saturated rings. The first-order valence-electron chi connectivity index (χ1n) is 14.7. The van der Waals surface area contributed by atoms with E-state index in [4.69, 9.17) is 9.47 Å².